The van der Waals surface area contributed by atoms with E-state index in [1.807, 2.05) is 82.4 Å². The van der Waals surface area contributed by atoms with Crippen LogP contribution in [0.4, 0.5) is 5.69 Å². The normalized spacial score (nSPS) is 19.2. The van der Waals surface area contributed by atoms with E-state index < -0.39 is 5.79 Å². The quantitative estimate of drug-likeness (QED) is 0.128. The van der Waals surface area contributed by atoms with Gasteiger partial charge >= 0.3 is 0 Å². The number of anilines is 1. The number of phenols is 2. The third-order valence-electron chi connectivity index (χ3n) is 9.94. The Bertz CT molecular complexity index is 2090. The van der Waals surface area contributed by atoms with Crippen LogP contribution in [0.15, 0.2) is 128 Å². The Labute approximate surface area is 337 Å². The average Bonchev–Trinajstić information content (AvgIpc) is 3.88. The number of benzene rings is 4. The molecule has 3 heterocycles. The topological polar surface area (TPSA) is 110 Å². The Balaban J connectivity index is 0.000000225. The molecule has 2 aliphatic heterocycles. The summed E-state index contributed by atoms with van der Waals surface area (Å²) in [6.45, 7) is 11.8. The molecule has 4 aromatic carbocycles. The minimum Gasteiger partial charge on any atom is -0.508 e. The molecule has 2 aliphatic rings. The molecule has 0 saturated carbocycles. The van der Waals surface area contributed by atoms with Gasteiger partial charge < -0.3 is 38.8 Å². The minimum atomic E-state index is -1.08. The number of rotatable bonds is 11. The number of allylic oxidation sites excluding steroid dienone is 2. The lowest BCUT2D eigenvalue weighted by molar-refractivity contribution is -0.189. The number of carbonyl (C=O) groups is 1. The van der Waals surface area contributed by atoms with Crippen molar-refractivity contribution in [3.63, 3.8) is 0 Å². The summed E-state index contributed by atoms with van der Waals surface area (Å²) in [5, 5.41) is 19.7. The van der Waals surface area contributed by atoms with Crippen LogP contribution in [0.3, 0.4) is 0 Å². The first-order valence-corrected chi connectivity index (χ1v) is 19.1. The molecular formula is C44H46Cl2N4O6. The molecule has 1 aromatic heterocycles. The molecule has 1 unspecified atom stereocenters. The fourth-order valence-electron chi connectivity index (χ4n) is 6.55. The summed E-state index contributed by atoms with van der Waals surface area (Å²) < 4.78 is 20.6. The first-order chi connectivity index (χ1) is 26.9. The van der Waals surface area contributed by atoms with Gasteiger partial charge in [-0.1, -0.05) is 71.8 Å². The molecule has 0 aliphatic carbocycles. The number of phenolic OH excluding ortho intramolecular Hbond substituents is 2. The number of hydrogen-bond acceptors (Lipinski definition) is 8. The van der Waals surface area contributed by atoms with Crippen molar-refractivity contribution in [1.29, 1.82) is 0 Å². The van der Waals surface area contributed by atoms with E-state index in [9.17, 15) is 15.0 Å². The second-order valence-corrected chi connectivity index (χ2v) is 14.8. The highest BCUT2D eigenvalue weighted by molar-refractivity contribution is 6.35. The molecule has 292 valence electrons. The summed E-state index contributed by atoms with van der Waals surface area (Å²) in [5.74, 6) is 0.308. The minimum absolute atomic E-state index is 0.129. The van der Waals surface area contributed by atoms with Crippen LogP contribution >= 0.6 is 23.2 Å². The van der Waals surface area contributed by atoms with E-state index >= 15 is 0 Å². The van der Waals surface area contributed by atoms with E-state index in [1.54, 1.807) is 55.8 Å². The molecule has 10 nitrogen and oxygen atoms in total. The van der Waals surface area contributed by atoms with Gasteiger partial charge in [0.2, 0.25) is 11.7 Å². The Hall–Kier alpha value is -5.26. The van der Waals surface area contributed by atoms with Crippen molar-refractivity contribution in [1.82, 2.24) is 14.5 Å². The van der Waals surface area contributed by atoms with Crippen LogP contribution in [-0.2, 0) is 32.0 Å². The number of piperazine rings is 1. The highest BCUT2D eigenvalue weighted by atomic mass is 35.5. The molecule has 5 aromatic rings. The second-order valence-electron chi connectivity index (χ2n) is 13.9. The lowest BCUT2D eigenvalue weighted by atomic mass is 9.82. The van der Waals surface area contributed by atoms with E-state index in [1.165, 1.54) is 0 Å². The Kier molecular flexibility index (Phi) is 13.1. The number of aromatic nitrogens is 2. The first-order valence-electron chi connectivity index (χ1n) is 18.3. The molecule has 1 amide bonds. The van der Waals surface area contributed by atoms with Crippen molar-refractivity contribution in [2.24, 2.45) is 0 Å². The lowest BCUT2D eigenvalue weighted by Crippen LogP contribution is -2.48. The van der Waals surface area contributed by atoms with Gasteiger partial charge in [0.1, 0.15) is 30.0 Å². The van der Waals surface area contributed by atoms with Crippen LogP contribution in [0.25, 0.3) is 6.08 Å². The van der Waals surface area contributed by atoms with Crippen molar-refractivity contribution < 1.29 is 29.2 Å². The van der Waals surface area contributed by atoms with Gasteiger partial charge in [0, 0.05) is 67.2 Å². The number of halogens is 2. The molecule has 7 rings (SSSR count). The maximum Gasteiger partial charge on any atom is 0.219 e. The molecule has 2 fully saturated rings. The first kappa shape index (κ1) is 40.4. The maximum atomic E-state index is 11.6. The monoisotopic (exact) mass is 796 g/mol. The molecule has 3 atom stereocenters. The molecule has 0 radical (unpaired) electrons. The van der Waals surface area contributed by atoms with Gasteiger partial charge in [-0.15, -0.1) is 6.58 Å². The molecule has 2 N–H and O–H groups in total. The van der Waals surface area contributed by atoms with Gasteiger partial charge in [0.25, 0.3) is 0 Å². The summed E-state index contributed by atoms with van der Waals surface area (Å²) in [5.41, 5.74) is 3.57. The molecule has 2 saturated heterocycles. The number of aromatic hydroxyl groups is 2. The van der Waals surface area contributed by atoms with E-state index in [4.69, 9.17) is 37.4 Å². The predicted octanol–water partition coefficient (Wildman–Crippen LogP) is 8.46. The zero-order valence-electron chi connectivity index (χ0n) is 31.4. The Morgan fingerprint density at radius 1 is 0.982 bits per heavy atom. The largest absolute Gasteiger partial charge is 0.508 e. The number of amides is 1. The van der Waals surface area contributed by atoms with Crippen molar-refractivity contribution in [2.45, 2.75) is 37.7 Å². The number of hydrogen-bond donors (Lipinski definition) is 2. The van der Waals surface area contributed by atoms with Crippen LogP contribution in [0, 0.1) is 0 Å². The highest BCUT2D eigenvalue weighted by Gasteiger charge is 2.45. The third kappa shape index (κ3) is 10.1. The Morgan fingerprint density at radius 3 is 2.27 bits per heavy atom. The third-order valence-corrected chi connectivity index (χ3v) is 10.5. The van der Waals surface area contributed by atoms with E-state index in [2.05, 4.69) is 29.5 Å². The van der Waals surface area contributed by atoms with E-state index in [0.29, 0.717) is 35.4 Å². The number of imidazole rings is 1. The van der Waals surface area contributed by atoms with Gasteiger partial charge in [-0.3, -0.25) is 4.79 Å². The zero-order valence-corrected chi connectivity index (χ0v) is 32.9. The van der Waals surface area contributed by atoms with Crippen LogP contribution in [0.5, 0.6) is 17.2 Å². The van der Waals surface area contributed by atoms with Crippen molar-refractivity contribution in [3.8, 4) is 17.2 Å². The van der Waals surface area contributed by atoms with Crippen molar-refractivity contribution in [2.75, 3.05) is 44.3 Å². The maximum absolute atomic E-state index is 11.6. The molecular weight excluding hydrogens is 751 g/mol. The van der Waals surface area contributed by atoms with Gasteiger partial charge in [-0.2, -0.15) is 0 Å². The van der Waals surface area contributed by atoms with Gasteiger partial charge in [0.05, 0.1) is 24.5 Å². The van der Waals surface area contributed by atoms with Crippen LogP contribution in [0.1, 0.15) is 30.5 Å². The van der Waals surface area contributed by atoms with Gasteiger partial charge in [-0.05, 0) is 78.7 Å². The summed E-state index contributed by atoms with van der Waals surface area (Å²) in [4.78, 5) is 19.8. The number of carbonyl (C=O) groups excluding carboxylic acids is 1. The predicted molar refractivity (Wildman–Crippen MR) is 220 cm³/mol. The summed E-state index contributed by atoms with van der Waals surface area (Å²) in [6.07, 6.45) is 10.9. The highest BCUT2D eigenvalue weighted by Crippen LogP contribution is 2.41. The lowest BCUT2D eigenvalue weighted by Gasteiger charge is -2.35. The molecule has 0 spiro atoms. The standard InChI is InChI=1S/C26H28Cl2N4O4.C18H18O2/c1-19(33)31-10-12-32(13-11-31)21-3-5-22(6-4-21)34-15-23-16-35-26(36-23,17-30-9-8-29-18-30)24-7-2-20(27)14-25(24)28;1-3-18(2,15-6-10-17(20)11-7-15)13-12-14-4-8-16(19)9-5-14/h2-9,14,18,23H,10-13,15-17H2,1H3;3-13,19-20H,1H2,2H3/b;13-12-/t23-,26-;/m0./s1. The zero-order chi connectivity index (χ0) is 39.7. The van der Waals surface area contributed by atoms with Crippen molar-refractivity contribution in [3.05, 3.63) is 155 Å². The molecule has 12 heteroatoms. The Morgan fingerprint density at radius 2 is 1.66 bits per heavy atom. The average molecular weight is 798 g/mol. The SMILES string of the molecule is C=CC(C)(/C=C\c1ccc(O)cc1)c1ccc(O)cc1.CC(=O)N1CCN(c2ccc(OC[C@H]3CO[C@](Cn4ccnc4)(c4ccc(Cl)cc4Cl)O3)cc2)CC1. The fourth-order valence-corrected chi connectivity index (χ4v) is 7.11. The van der Waals surface area contributed by atoms with Crippen molar-refractivity contribution >= 4 is 40.9 Å². The number of ether oxygens (including phenoxy) is 3. The molecule has 0 bridgehead atoms. The van der Waals surface area contributed by atoms with Crippen LogP contribution in [0.2, 0.25) is 10.0 Å². The van der Waals surface area contributed by atoms with Crippen LogP contribution < -0.4 is 9.64 Å². The van der Waals surface area contributed by atoms with Gasteiger partial charge in [0.15, 0.2) is 0 Å². The summed E-state index contributed by atoms with van der Waals surface area (Å²) in [6, 6.07) is 27.4. The second kappa shape index (κ2) is 18.1. The van der Waals surface area contributed by atoms with Gasteiger partial charge in [-0.25, -0.2) is 4.98 Å². The van der Waals surface area contributed by atoms with E-state index in [-0.39, 0.29) is 28.9 Å². The van der Waals surface area contributed by atoms with E-state index in [0.717, 1.165) is 48.7 Å². The summed E-state index contributed by atoms with van der Waals surface area (Å²) >= 11 is 12.7. The summed E-state index contributed by atoms with van der Waals surface area (Å²) in [7, 11) is 0. The van der Waals surface area contributed by atoms with Crippen LogP contribution in [-0.4, -0.2) is 76.1 Å². The molecule has 56 heavy (non-hydrogen) atoms. The smallest absolute Gasteiger partial charge is 0.219 e. The fraction of sp³-hybridized carbons (Fsp3) is 0.273. The number of nitrogens with zero attached hydrogens (tertiary/aromatic N) is 4.